The SMILES string of the molecule is C=CC(=O)N1CCC(n2nnc(-c3cc(O[C@H](CO)c4ccc(F)cn4)c4c(C#CC5CC5)cnn4c3)c2C)CC1. The summed E-state index contributed by atoms with van der Waals surface area (Å²) in [5.41, 5.74) is 4.04. The zero-order valence-corrected chi connectivity index (χ0v) is 22.7. The van der Waals surface area contributed by atoms with Gasteiger partial charge in [-0.1, -0.05) is 23.6 Å². The van der Waals surface area contributed by atoms with Gasteiger partial charge in [-0.15, -0.1) is 5.10 Å². The van der Waals surface area contributed by atoms with Gasteiger partial charge in [0.15, 0.2) is 6.10 Å². The van der Waals surface area contributed by atoms with Crippen LogP contribution in [0.4, 0.5) is 4.39 Å². The van der Waals surface area contributed by atoms with Crippen LogP contribution in [0.15, 0.2) is 49.4 Å². The molecule has 11 heteroatoms. The third kappa shape index (κ3) is 5.43. The number of halogens is 1. The summed E-state index contributed by atoms with van der Waals surface area (Å²) >= 11 is 0. The minimum absolute atomic E-state index is 0.0577. The predicted molar refractivity (Wildman–Crippen MR) is 148 cm³/mol. The van der Waals surface area contributed by atoms with Crippen molar-refractivity contribution < 1.29 is 19.0 Å². The van der Waals surface area contributed by atoms with Gasteiger partial charge in [0.1, 0.15) is 22.8 Å². The number of aliphatic hydroxyl groups excluding tert-OH is 1. The number of amides is 1. The third-order valence-electron chi connectivity index (χ3n) is 7.58. The molecule has 2 aliphatic rings. The van der Waals surface area contributed by atoms with Crippen molar-refractivity contribution in [3.63, 3.8) is 0 Å². The highest BCUT2D eigenvalue weighted by molar-refractivity contribution is 5.87. The van der Waals surface area contributed by atoms with E-state index in [9.17, 15) is 14.3 Å². The van der Waals surface area contributed by atoms with Gasteiger partial charge in [0.25, 0.3) is 0 Å². The Bertz CT molecular complexity index is 1660. The van der Waals surface area contributed by atoms with Crippen molar-refractivity contribution in [2.75, 3.05) is 19.7 Å². The smallest absolute Gasteiger partial charge is 0.245 e. The van der Waals surface area contributed by atoms with Gasteiger partial charge in [-0.3, -0.25) is 9.78 Å². The van der Waals surface area contributed by atoms with E-state index in [1.54, 1.807) is 15.6 Å². The zero-order chi connectivity index (χ0) is 28.5. The summed E-state index contributed by atoms with van der Waals surface area (Å²) in [6.45, 7) is 6.45. The molecule has 1 aliphatic carbocycles. The van der Waals surface area contributed by atoms with Crippen molar-refractivity contribution in [3.05, 3.63) is 72.2 Å². The molecule has 0 bridgehead atoms. The molecule has 1 saturated heterocycles. The van der Waals surface area contributed by atoms with Crippen LogP contribution < -0.4 is 4.74 Å². The number of carbonyl (C=O) groups is 1. The maximum atomic E-state index is 13.5. The number of aromatic nitrogens is 6. The highest BCUT2D eigenvalue weighted by atomic mass is 19.1. The summed E-state index contributed by atoms with van der Waals surface area (Å²) in [7, 11) is 0. The number of likely N-dealkylation sites (tertiary alicyclic amines) is 1. The fourth-order valence-electron chi connectivity index (χ4n) is 5.14. The molecule has 10 nitrogen and oxygen atoms in total. The minimum atomic E-state index is -0.839. The summed E-state index contributed by atoms with van der Waals surface area (Å²) in [5.74, 6) is 6.82. The Labute approximate surface area is 236 Å². The lowest BCUT2D eigenvalue weighted by Crippen LogP contribution is -2.38. The molecule has 0 spiro atoms. The van der Waals surface area contributed by atoms with Crippen LogP contribution in [0.25, 0.3) is 16.8 Å². The predicted octanol–water partition coefficient (Wildman–Crippen LogP) is 3.66. The second-order valence-electron chi connectivity index (χ2n) is 10.4. The Morgan fingerprint density at radius 2 is 2.07 bits per heavy atom. The third-order valence-corrected chi connectivity index (χ3v) is 7.58. The van der Waals surface area contributed by atoms with Crippen LogP contribution in [0.2, 0.25) is 0 Å². The monoisotopic (exact) mass is 555 g/mol. The molecule has 6 rings (SSSR count). The quantitative estimate of drug-likeness (QED) is 0.274. The van der Waals surface area contributed by atoms with E-state index in [-0.39, 0.29) is 18.6 Å². The van der Waals surface area contributed by atoms with Crippen LogP contribution in [0.3, 0.4) is 0 Å². The van der Waals surface area contributed by atoms with Gasteiger partial charge >= 0.3 is 0 Å². The molecule has 5 heterocycles. The Morgan fingerprint density at radius 3 is 2.76 bits per heavy atom. The molecular formula is C30H30FN7O3. The lowest BCUT2D eigenvalue weighted by Gasteiger charge is -2.31. The molecule has 1 atom stereocenters. The molecule has 0 unspecified atom stereocenters. The van der Waals surface area contributed by atoms with Gasteiger partial charge in [0.05, 0.1) is 42.0 Å². The largest absolute Gasteiger partial charge is 0.479 e. The van der Waals surface area contributed by atoms with Gasteiger partial charge in [-0.05, 0) is 56.9 Å². The molecular weight excluding hydrogens is 525 g/mol. The Morgan fingerprint density at radius 1 is 1.27 bits per heavy atom. The summed E-state index contributed by atoms with van der Waals surface area (Å²) in [6, 6.07) is 4.73. The van der Waals surface area contributed by atoms with Gasteiger partial charge in [-0.2, -0.15) is 5.10 Å². The number of aliphatic hydroxyl groups is 1. The highest BCUT2D eigenvalue weighted by Crippen LogP contribution is 2.35. The van der Waals surface area contributed by atoms with E-state index in [0.717, 1.165) is 43.1 Å². The van der Waals surface area contributed by atoms with E-state index in [2.05, 4.69) is 38.8 Å². The molecule has 0 aromatic carbocycles. The van der Waals surface area contributed by atoms with Crippen molar-refractivity contribution in [1.82, 2.24) is 34.5 Å². The topological polar surface area (TPSA) is 111 Å². The van der Waals surface area contributed by atoms with E-state index >= 15 is 0 Å². The molecule has 2 fully saturated rings. The van der Waals surface area contributed by atoms with Gasteiger partial charge < -0.3 is 14.7 Å². The standard InChI is InChI=1S/C30H30FN7O3/c1-3-28(40)36-12-10-24(11-13-36)38-19(2)29(34-35-38)22-14-26(41-27(18-39)25-9-8-23(31)16-32-25)30-21(7-6-20-4-5-20)15-33-37(30)17-22/h3,8-9,14-17,20,24,27,39H,1,4-5,10-13,18H2,2H3/t27-/m1/s1. The van der Waals surface area contributed by atoms with E-state index < -0.39 is 11.9 Å². The molecule has 1 N–H and O–H groups in total. The number of ether oxygens (including phenoxy) is 1. The first kappa shape index (κ1) is 26.7. The number of nitrogens with zero attached hydrogens (tertiary/aromatic N) is 7. The lowest BCUT2D eigenvalue weighted by atomic mass is 10.0. The number of piperidine rings is 1. The Hall–Kier alpha value is -4.56. The molecule has 1 saturated carbocycles. The van der Waals surface area contributed by atoms with Gasteiger partial charge in [-0.25, -0.2) is 13.6 Å². The molecule has 1 amide bonds. The molecule has 0 radical (unpaired) electrons. The summed E-state index contributed by atoms with van der Waals surface area (Å²) in [5, 5.41) is 23.7. The molecule has 1 aliphatic heterocycles. The first-order chi connectivity index (χ1) is 19.9. The number of carbonyl (C=O) groups excluding carboxylic acids is 1. The summed E-state index contributed by atoms with van der Waals surface area (Å²) < 4.78 is 23.5. The number of fused-ring (bicyclic) bond motifs is 1. The van der Waals surface area contributed by atoms with Gasteiger partial charge in [0.2, 0.25) is 5.91 Å². The lowest BCUT2D eigenvalue weighted by molar-refractivity contribution is -0.127. The molecule has 41 heavy (non-hydrogen) atoms. The first-order valence-electron chi connectivity index (χ1n) is 13.7. The van der Waals surface area contributed by atoms with Crippen molar-refractivity contribution in [3.8, 4) is 28.8 Å². The van der Waals surface area contributed by atoms with E-state index in [1.165, 1.54) is 18.2 Å². The van der Waals surface area contributed by atoms with Crippen molar-refractivity contribution in [2.45, 2.75) is 44.8 Å². The average molecular weight is 556 g/mol. The number of hydrogen-bond acceptors (Lipinski definition) is 7. The van der Waals surface area contributed by atoms with Crippen LogP contribution in [0.1, 0.15) is 54.8 Å². The number of rotatable bonds is 7. The number of pyridine rings is 2. The normalized spacial score (nSPS) is 16.3. The average Bonchev–Trinajstić information content (AvgIpc) is 3.62. The molecule has 4 aromatic rings. The zero-order valence-electron chi connectivity index (χ0n) is 22.7. The van der Waals surface area contributed by atoms with E-state index in [0.29, 0.717) is 47.2 Å². The minimum Gasteiger partial charge on any atom is -0.479 e. The highest BCUT2D eigenvalue weighted by Gasteiger charge is 2.27. The maximum absolute atomic E-state index is 13.5. The van der Waals surface area contributed by atoms with Gasteiger partial charge in [0, 0.05) is 30.8 Å². The van der Waals surface area contributed by atoms with Crippen molar-refractivity contribution in [1.29, 1.82) is 0 Å². The van der Waals surface area contributed by atoms with Crippen LogP contribution in [0.5, 0.6) is 5.75 Å². The first-order valence-corrected chi connectivity index (χ1v) is 13.7. The fraction of sp³-hybridized carbons (Fsp3) is 0.367. The Balaban J connectivity index is 1.36. The van der Waals surface area contributed by atoms with Crippen LogP contribution in [-0.4, -0.2) is 65.2 Å². The molecule has 210 valence electrons. The maximum Gasteiger partial charge on any atom is 0.245 e. The molecule has 4 aromatic heterocycles. The van der Waals surface area contributed by atoms with E-state index in [4.69, 9.17) is 4.74 Å². The fourth-order valence-corrected chi connectivity index (χ4v) is 5.14. The summed E-state index contributed by atoms with van der Waals surface area (Å²) in [4.78, 5) is 17.9. The van der Waals surface area contributed by atoms with Crippen molar-refractivity contribution >= 4 is 11.4 Å². The Kier molecular flexibility index (Phi) is 7.24. The van der Waals surface area contributed by atoms with Crippen LogP contribution in [-0.2, 0) is 4.79 Å². The second-order valence-corrected chi connectivity index (χ2v) is 10.4. The van der Waals surface area contributed by atoms with Crippen LogP contribution in [0, 0.1) is 30.5 Å². The second kappa shape index (κ2) is 11.1. The van der Waals surface area contributed by atoms with E-state index in [1.807, 2.05) is 23.9 Å². The van der Waals surface area contributed by atoms with Crippen molar-refractivity contribution in [2.24, 2.45) is 5.92 Å². The summed E-state index contributed by atoms with van der Waals surface area (Å²) in [6.07, 6.45) is 8.90. The number of hydrogen-bond donors (Lipinski definition) is 1. The van der Waals surface area contributed by atoms with Crippen LogP contribution >= 0.6 is 0 Å².